The first kappa shape index (κ1) is 12.6. The summed E-state index contributed by atoms with van der Waals surface area (Å²) in [7, 11) is 0. The maximum Gasteiger partial charge on any atom is 0.335 e. The highest BCUT2D eigenvalue weighted by atomic mass is 32.1. The Bertz CT molecular complexity index is 551. The lowest BCUT2D eigenvalue weighted by Crippen LogP contribution is -2.06. The van der Waals surface area contributed by atoms with Crippen LogP contribution in [0.25, 0.3) is 0 Å². The first-order chi connectivity index (χ1) is 8.65. The highest BCUT2D eigenvalue weighted by Crippen LogP contribution is 2.12. The van der Waals surface area contributed by atoms with E-state index in [4.69, 9.17) is 5.11 Å². The smallest absolute Gasteiger partial charge is 0.335 e. The van der Waals surface area contributed by atoms with Crippen molar-refractivity contribution in [2.45, 2.75) is 13.3 Å². The van der Waals surface area contributed by atoms with E-state index in [2.05, 4.69) is 10.3 Å². The predicted octanol–water partition coefficient (Wildman–Crippen LogP) is 2.80. The number of nitrogens with zero attached hydrogens (tertiary/aromatic N) is 1. The van der Waals surface area contributed by atoms with E-state index in [0.29, 0.717) is 5.56 Å². The van der Waals surface area contributed by atoms with Gasteiger partial charge in [-0.3, -0.25) is 0 Å². The first-order valence-corrected chi connectivity index (χ1v) is 6.51. The molecule has 0 unspecified atom stereocenters. The van der Waals surface area contributed by atoms with Gasteiger partial charge in [0.25, 0.3) is 0 Å². The maximum atomic E-state index is 10.8. The summed E-state index contributed by atoms with van der Waals surface area (Å²) in [5.41, 5.74) is 2.19. The van der Waals surface area contributed by atoms with Gasteiger partial charge in [0, 0.05) is 24.0 Å². The molecule has 1 heterocycles. The molecule has 2 aromatic rings. The van der Waals surface area contributed by atoms with Crippen molar-refractivity contribution < 1.29 is 9.90 Å². The fourth-order valence-corrected chi connectivity index (χ4v) is 2.27. The summed E-state index contributed by atoms with van der Waals surface area (Å²) in [5.74, 6) is -0.909. The molecule has 1 aromatic heterocycles. The highest BCUT2D eigenvalue weighted by molar-refractivity contribution is 7.09. The van der Waals surface area contributed by atoms with E-state index in [1.807, 2.05) is 18.4 Å². The molecule has 5 heteroatoms. The quantitative estimate of drug-likeness (QED) is 0.869. The summed E-state index contributed by atoms with van der Waals surface area (Å²) in [5, 5.41) is 15.2. The Hall–Kier alpha value is -1.88. The van der Waals surface area contributed by atoms with Crippen LogP contribution in [0.3, 0.4) is 0 Å². The van der Waals surface area contributed by atoms with E-state index in [1.165, 1.54) is 0 Å². The number of benzene rings is 1. The second-order valence-corrected chi connectivity index (χ2v) is 4.98. The zero-order chi connectivity index (χ0) is 13.0. The Morgan fingerprint density at radius 3 is 3.00 bits per heavy atom. The largest absolute Gasteiger partial charge is 0.478 e. The van der Waals surface area contributed by atoms with Gasteiger partial charge in [-0.2, -0.15) is 0 Å². The minimum Gasteiger partial charge on any atom is -0.478 e. The molecule has 0 bridgehead atoms. The van der Waals surface area contributed by atoms with Crippen LogP contribution >= 0.6 is 11.3 Å². The van der Waals surface area contributed by atoms with Gasteiger partial charge in [-0.1, -0.05) is 6.07 Å². The molecule has 0 saturated carbocycles. The van der Waals surface area contributed by atoms with E-state index < -0.39 is 5.97 Å². The summed E-state index contributed by atoms with van der Waals surface area (Å²) in [4.78, 5) is 15.2. The molecule has 4 nitrogen and oxygen atoms in total. The van der Waals surface area contributed by atoms with E-state index in [1.54, 1.807) is 29.5 Å². The van der Waals surface area contributed by atoms with E-state index in [9.17, 15) is 4.79 Å². The molecule has 0 atom stereocenters. The monoisotopic (exact) mass is 262 g/mol. The number of aromatic carboxylic acids is 1. The van der Waals surface area contributed by atoms with E-state index >= 15 is 0 Å². The summed E-state index contributed by atoms with van der Waals surface area (Å²) < 4.78 is 0. The Balaban J connectivity index is 1.90. The zero-order valence-electron chi connectivity index (χ0n) is 10.0. The van der Waals surface area contributed by atoms with Crippen LogP contribution in [0, 0.1) is 6.92 Å². The van der Waals surface area contributed by atoms with Crippen LogP contribution in [-0.2, 0) is 6.42 Å². The first-order valence-electron chi connectivity index (χ1n) is 5.63. The minimum atomic E-state index is -0.909. The SMILES string of the molecule is Cc1nc(CCNc2cccc(C(=O)O)c2)cs1. The lowest BCUT2D eigenvalue weighted by molar-refractivity contribution is 0.0697. The van der Waals surface area contributed by atoms with Crippen LogP contribution in [-0.4, -0.2) is 22.6 Å². The third-order valence-corrected chi connectivity index (χ3v) is 3.31. The van der Waals surface area contributed by atoms with Crippen LogP contribution in [0.5, 0.6) is 0 Å². The number of aromatic nitrogens is 1. The van der Waals surface area contributed by atoms with Crippen LogP contribution in [0.4, 0.5) is 5.69 Å². The molecule has 0 aliphatic heterocycles. The van der Waals surface area contributed by atoms with Crippen molar-refractivity contribution in [1.82, 2.24) is 4.98 Å². The molecular weight excluding hydrogens is 248 g/mol. The molecule has 2 N–H and O–H groups in total. The molecular formula is C13H14N2O2S. The average molecular weight is 262 g/mol. The average Bonchev–Trinajstić information content (AvgIpc) is 2.75. The third kappa shape index (κ3) is 3.30. The Labute approximate surface area is 109 Å². The van der Waals surface area contributed by atoms with Crippen molar-refractivity contribution in [2.75, 3.05) is 11.9 Å². The van der Waals surface area contributed by atoms with Crippen molar-refractivity contribution in [3.8, 4) is 0 Å². The predicted molar refractivity (Wildman–Crippen MR) is 72.4 cm³/mol. The lowest BCUT2D eigenvalue weighted by atomic mass is 10.2. The highest BCUT2D eigenvalue weighted by Gasteiger charge is 2.03. The number of thiazole rings is 1. The van der Waals surface area contributed by atoms with Gasteiger partial charge in [0.15, 0.2) is 0 Å². The molecule has 0 aliphatic rings. The van der Waals surface area contributed by atoms with Gasteiger partial charge >= 0.3 is 5.97 Å². The molecule has 0 radical (unpaired) electrons. The van der Waals surface area contributed by atoms with Crippen LogP contribution in [0.1, 0.15) is 21.1 Å². The van der Waals surface area contributed by atoms with Gasteiger partial charge in [0.2, 0.25) is 0 Å². The lowest BCUT2D eigenvalue weighted by Gasteiger charge is -2.05. The Morgan fingerprint density at radius 1 is 1.50 bits per heavy atom. The van der Waals surface area contributed by atoms with Crippen LogP contribution in [0.15, 0.2) is 29.6 Å². The molecule has 0 amide bonds. The number of hydrogen-bond acceptors (Lipinski definition) is 4. The van der Waals surface area contributed by atoms with Crippen molar-refractivity contribution in [2.24, 2.45) is 0 Å². The number of rotatable bonds is 5. The molecule has 18 heavy (non-hydrogen) atoms. The van der Waals surface area contributed by atoms with Crippen molar-refractivity contribution >= 4 is 23.0 Å². The zero-order valence-corrected chi connectivity index (χ0v) is 10.8. The minimum absolute atomic E-state index is 0.296. The van der Waals surface area contributed by atoms with Gasteiger partial charge in [-0.25, -0.2) is 9.78 Å². The molecule has 0 spiro atoms. The second-order valence-electron chi connectivity index (χ2n) is 3.92. The number of anilines is 1. The van der Waals surface area contributed by atoms with Crippen molar-refractivity contribution in [3.05, 3.63) is 45.9 Å². The topological polar surface area (TPSA) is 62.2 Å². The maximum absolute atomic E-state index is 10.8. The third-order valence-electron chi connectivity index (χ3n) is 2.49. The fraction of sp³-hybridized carbons (Fsp3) is 0.231. The number of nitrogens with one attached hydrogen (secondary N) is 1. The fourth-order valence-electron chi connectivity index (χ4n) is 1.62. The Kier molecular flexibility index (Phi) is 3.94. The second kappa shape index (κ2) is 5.64. The van der Waals surface area contributed by atoms with Crippen LogP contribution < -0.4 is 5.32 Å². The van der Waals surface area contributed by atoms with Gasteiger partial charge < -0.3 is 10.4 Å². The molecule has 0 saturated heterocycles. The molecule has 1 aromatic carbocycles. The summed E-state index contributed by atoms with van der Waals surface area (Å²) in [6.45, 7) is 2.73. The summed E-state index contributed by atoms with van der Waals surface area (Å²) >= 11 is 1.64. The van der Waals surface area contributed by atoms with Crippen molar-refractivity contribution in [1.29, 1.82) is 0 Å². The molecule has 0 fully saturated rings. The van der Waals surface area contributed by atoms with E-state index in [-0.39, 0.29) is 0 Å². The summed E-state index contributed by atoms with van der Waals surface area (Å²) in [6.07, 6.45) is 0.835. The number of carboxylic acid groups (broad SMARTS) is 1. The normalized spacial score (nSPS) is 10.3. The molecule has 2 rings (SSSR count). The number of carbonyl (C=O) groups is 1. The number of hydrogen-bond donors (Lipinski definition) is 2. The standard InChI is InChI=1S/C13H14N2O2S/c1-9-15-12(8-18-9)5-6-14-11-4-2-3-10(7-11)13(16)17/h2-4,7-8,14H,5-6H2,1H3,(H,16,17). The number of carboxylic acids is 1. The van der Waals surface area contributed by atoms with Crippen molar-refractivity contribution in [3.63, 3.8) is 0 Å². The van der Waals surface area contributed by atoms with Gasteiger partial charge in [-0.15, -0.1) is 11.3 Å². The van der Waals surface area contributed by atoms with Gasteiger partial charge in [0.1, 0.15) is 0 Å². The molecule has 0 aliphatic carbocycles. The van der Waals surface area contributed by atoms with Gasteiger partial charge in [-0.05, 0) is 25.1 Å². The van der Waals surface area contributed by atoms with E-state index in [0.717, 1.165) is 29.4 Å². The van der Waals surface area contributed by atoms with Crippen LogP contribution in [0.2, 0.25) is 0 Å². The van der Waals surface area contributed by atoms with Gasteiger partial charge in [0.05, 0.1) is 16.3 Å². The number of aryl methyl sites for hydroxylation is 1. The summed E-state index contributed by atoms with van der Waals surface area (Å²) in [6, 6.07) is 6.81. The molecule has 94 valence electrons. The Morgan fingerprint density at radius 2 is 2.33 bits per heavy atom.